The van der Waals surface area contributed by atoms with Crippen LogP contribution in [-0.2, 0) is 9.59 Å². The van der Waals surface area contributed by atoms with Crippen LogP contribution in [0, 0.1) is 5.92 Å². The van der Waals surface area contributed by atoms with E-state index in [4.69, 9.17) is 23.2 Å². The number of nitrogens with zero attached hydrogens (tertiary/aromatic N) is 2. The van der Waals surface area contributed by atoms with Gasteiger partial charge in [-0.3, -0.25) is 9.59 Å². The molecule has 2 amide bonds. The number of hydrogen-bond donors (Lipinski definition) is 1. The Morgan fingerprint density at radius 1 is 1.23 bits per heavy atom. The summed E-state index contributed by atoms with van der Waals surface area (Å²) in [5.41, 5.74) is 0.538. The first-order chi connectivity index (χ1) is 10.5. The van der Waals surface area contributed by atoms with Crippen LogP contribution in [0.25, 0.3) is 0 Å². The van der Waals surface area contributed by atoms with Gasteiger partial charge in [0.15, 0.2) is 0 Å². The lowest BCUT2D eigenvalue weighted by molar-refractivity contribution is -0.139. The zero-order chi connectivity index (χ0) is 15.9. The molecule has 1 N–H and O–H groups in total. The standard InChI is InChI=1S/C15H16Cl2N2O3/c16-9-1-2-12(17)13(7-9)19-6-4-11(15(19)22)14(21)18-5-3-10(20)8-18/h1-2,7,10-11,20H,3-6,8H2/t10-,11?/m1/s1. The Morgan fingerprint density at radius 2 is 2.00 bits per heavy atom. The molecule has 2 aliphatic rings. The van der Waals surface area contributed by atoms with E-state index in [2.05, 4.69) is 0 Å². The van der Waals surface area contributed by atoms with Crippen molar-refractivity contribution < 1.29 is 14.7 Å². The maximum Gasteiger partial charge on any atom is 0.239 e. The van der Waals surface area contributed by atoms with Crippen molar-refractivity contribution in [3.8, 4) is 0 Å². The Hall–Kier alpha value is -1.30. The number of halogens is 2. The molecule has 7 heteroatoms. The van der Waals surface area contributed by atoms with Crippen LogP contribution in [0.5, 0.6) is 0 Å². The number of carbonyl (C=O) groups excluding carboxylic acids is 2. The van der Waals surface area contributed by atoms with E-state index in [0.717, 1.165) is 0 Å². The number of likely N-dealkylation sites (tertiary alicyclic amines) is 1. The first kappa shape index (κ1) is 15.6. The Kier molecular flexibility index (Phi) is 4.30. The molecular weight excluding hydrogens is 327 g/mol. The molecule has 0 aliphatic carbocycles. The van der Waals surface area contributed by atoms with Crippen LogP contribution in [0.2, 0.25) is 10.0 Å². The molecule has 5 nitrogen and oxygen atoms in total. The van der Waals surface area contributed by atoms with Crippen LogP contribution in [0.1, 0.15) is 12.8 Å². The molecular formula is C15H16Cl2N2O3. The molecule has 2 atom stereocenters. The largest absolute Gasteiger partial charge is 0.391 e. The third-order valence-electron chi connectivity index (χ3n) is 4.18. The normalized spacial score (nSPS) is 25.1. The van der Waals surface area contributed by atoms with Crippen molar-refractivity contribution >= 4 is 40.7 Å². The van der Waals surface area contributed by atoms with Crippen LogP contribution in [0.3, 0.4) is 0 Å². The number of rotatable bonds is 2. The molecule has 1 aromatic rings. The Bertz CT molecular complexity index is 623. The fraction of sp³-hybridized carbons (Fsp3) is 0.467. The van der Waals surface area contributed by atoms with Gasteiger partial charge in [-0.15, -0.1) is 0 Å². The first-order valence-corrected chi connectivity index (χ1v) is 7.96. The molecule has 3 rings (SSSR count). The molecule has 0 aromatic heterocycles. The number of aliphatic hydroxyl groups is 1. The fourth-order valence-corrected chi connectivity index (χ4v) is 3.39. The molecule has 2 saturated heterocycles. The molecule has 1 aromatic carbocycles. The Labute approximate surface area is 138 Å². The second-order valence-corrected chi connectivity index (χ2v) is 6.50. The molecule has 1 unspecified atom stereocenters. The summed E-state index contributed by atoms with van der Waals surface area (Å²) in [5, 5.41) is 10.5. The van der Waals surface area contributed by atoms with E-state index in [-0.39, 0.29) is 11.8 Å². The summed E-state index contributed by atoms with van der Waals surface area (Å²) in [4.78, 5) is 28.1. The van der Waals surface area contributed by atoms with E-state index in [1.807, 2.05) is 0 Å². The van der Waals surface area contributed by atoms with Gasteiger partial charge in [0.2, 0.25) is 11.8 Å². The van der Waals surface area contributed by atoms with Crippen molar-refractivity contribution in [3.63, 3.8) is 0 Å². The highest BCUT2D eigenvalue weighted by Gasteiger charge is 2.41. The van der Waals surface area contributed by atoms with Gasteiger partial charge in [0.05, 0.1) is 16.8 Å². The summed E-state index contributed by atoms with van der Waals surface area (Å²) in [5.74, 6) is -1.15. The van der Waals surface area contributed by atoms with Crippen LogP contribution in [-0.4, -0.2) is 47.6 Å². The molecule has 0 radical (unpaired) electrons. The minimum Gasteiger partial charge on any atom is -0.391 e. The van der Waals surface area contributed by atoms with Crippen molar-refractivity contribution in [2.24, 2.45) is 5.92 Å². The second-order valence-electron chi connectivity index (χ2n) is 5.65. The maximum atomic E-state index is 12.6. The quantitative estimate of drug-likeness (QED) is 0.835. The van der Waals surface area contributed by atoms with Crippen molar-refractivity contribution in [3.05, 3.63) is 28.2 Å². The second kappa shape index (κ2) is 6.07. The smallest absolute Gasteiger partial charge is 0.239 e. The van der Waals surface area contributed by atoms with Gasteiger partial charge in [-0.25, -0.2) is 0 Å². The van der Waals surface area contributed by atoms with Gasteiger partial charge in [-0.1, -0.05) is 23.2 Å². The molecule has 0 bridgehead atoms. The maximum absolute atomic E-state index is 12.6. The van der Waals surface area contributed by atoms with Crippen molar-refractivity contribution in [1.29, 1.82) is 0 Å². The third kappa shape index (κ3) is 2.81. The highest BCUT2D eigenvalue weighted by Crippen LogP contribution is 2.34. The van der Waals surface area contributed by atoms with Gasteiger partial charge in [0.1, 0.15) is 5.92 Å². The summed E-state index contributed by atoms with van der Waals surface area (Å²) in [6.07, 6.45) is 0.530. The van der Waals surface area contributed by atoms with Gasteiger partial charge >= 0.3 is 0 Å². The van der Waals surface area contributed by atoms with E-state index in [1.54, 1.807) is 23.1 Å². The van der Waals surface area contributed by atoms with E-state index in [1.165, 1.54) is 4.90 Å². The summed E-state index contributed by atoms with van der Waals surface area (Å²) in [6.45, 7) is 1.24. The number of anilines is 1. The molecule has 118 valence electrons. The minimum atomic E-state index is -0.694. The van der Waals surface area contributed by atoms with Crippen LogP contribution >= 0.6 is 23.2 Å². The summed E-state index contributed by atoms with van der Waals surface area (Å²) in [6, 6.07) is 4.93. The molecule has 22 heavy (non-hydrogen) atoms. The topological polar surface area (TPSA) is 60.9 Å². The third-order valence-corrected chi connectivity index (χ3v) is 4.73. The highest BCUT2D eigenvalue weighted by atomic mass is 35.5. The van der Waals surface area contributed by atoms with E-state index in [0.29, 0.717) is 48.2 Å². The number of benzene rings is 1. The number of aliphatic hydroxyl groups excluding tert-OH is 1. The lowest BCUT2D eigenvalue weighted by atomic mass is 10.1. The molecule has 2 fully saturated rings. The highest BCUT2D eigenvalue weighted by molar-refractivity contribution is 6.36. The number of amides is 2. The van der Waals surface area contributed by atoms with E-state index < -0.39 is 12.0 Å². The van der Waals surface area contributed by atoms with Crippen molar-refractivity contribution in [1.82, 2.24) is 4.90 Å². The van der Waals surface area contributed by atoms with Gasteiger partial charge in [-0.2, -0.15) is 0 Å². The lowest BCUT2D eigenvalue weighted by Crippen LogP contribution is -2.39. The lowest BCUT2D eigenvalue weighted by Gasteiger charge is -2.21. The molecule has 0 spiro atoms. The summed E-state index contributed by atoms with van der Waals surface area (Å²) < 4.78 is 0. The monoisotopic (exact) mass is 342 g/mol. The SMILES string of the molecule is O=C(C1CCN(c2cc(Cl)ccc2Cl)C1=O)N1CC[C@@H](O)C1. The molecule has 2 aliphatic heterocycles. The van der Waals surface area contributed by atoms with Gasteiger partial charge in [0, 0.05) is 24.7 Å². The Balaban J connectivity index is 1.77. The van der Waals surface area contributed by atoms with Crippen LogP contribution in [0.4, 0.5) is 5.69 Å². The van der Waals surface area contributed by atoms with Gasteiger partial charge in [0.25, 0.3) is 0 Å². The minimum absolute atomic E-state index is 0.206. The first-order valence-electron chi connectivity index (χ1n) is 7.20. The van der Waals surface area contributed by atoms with E-state index >= 15 is 0 Å². The van der Waals surface area contributed by atoms with Gasteiger partial charge < -0.3 is 14.9 Å². The zero-order valence-corrected chi connectivity index (χ0v) is 13.3. The van der Waals surface area contributed by atoms with Gasteiger partial charge in [-0.05, 0) is 31.0 Å². The average molecular weight is 343 g/mol. The molecule has 2 heterocycles. The van der Waals surface area contributed by atoms with E-state index in [9.17, 15) is 14.7 Å². The van der Waals surface area contributed by atoms with Crippen LogP contribution in [0.15, 0.2) is 18.2 Å². The van der Waals surface area contributed by atoms with Crippen molar-refractivity contribution in [2.45, 2.75) is 18.9 Å². The van der Waals surface area contributed by atoms with Crippen LogP contribution < -0.4 is 4.90 Å². The van der Waals surface area contributed by atoms with Crippen molar-refractivity contribution in [2.75, 3.05) is 24.5 Å². The average Bonchev–Trinajstić information content (AvgIpc) is 3.07. The summed E-state index contributed by atoms with van der Waals surface area (Å²) >= 11 is 12.1. The Morgan fingerprint density at radius 3 is 2.68 bits per heavy atom. The predicted molar refractivity (Wildman–Crippen MR) is 84.1 cm³/mol. The number of β-amino-alcohol motifs (C(OH)–C–C–N with tert-alkyl or cyclic N) is 1. The molecule has 0 saturated carbocycles. The number of carbonyl (C=O) groups is 2. The number of hydrogen-bond acceptors (Lipinski definition) is 3. The summed E-state index contributed by atoms with van der Waals surface area (Å²) in [7, 11) is 0. The predicted octanol–water partition coefficient (Wildman–Crippen LogP) is 1.94. The fourth-order valence-electron chi connectivity index (χ4n) is 3.00. The zero-order valence-electron chi connectivity index (χ0n) is 11.8.